The van der Waals surface area contributed by atoms with Crippen LogP contribution in [0.3, 0.4) is 0 Å². The maximum absolute atomic E-state index is 11.3. The Labute approximate surface area is 166 Å². The molecule has 0 saturated heterocycles. The van der Waals surface area contributed by atoms with Gasteiger partial charge in [-0.15, -0.1) is 0 Å². The molecule has 5 rings (SSSR count). The molecule has 2 saturated carbocycles. The first-order chi connectivity index (χ1) is 13.4. The summed E-state index contributed by atoms with van der Waals surface area (Å²) in [6.45, 7) is 0. The quantitative estimate of drug-likeness (QED) is 0.546. The normalized spacial score (nSPS) is 29.7. The van der Waals surface area contributed by atoms with Crippen molar-refractivity contribution in [2.45, 2.75) is 31.2 Å². The van der Waals surface area contributed by atoms with Crippen LogP contribution in [0.4, 0.5) is 17.1 Å². The van der Waals surface area contributed by atoms with Gasteiger partial charge in [0.1, 0.15) is 0 Å². The van der Waals surface area contributed by atoms with Gasteiger partial charge in [-0.3, -0.25) is 20.2 Å². The third-order valence-corrected chi connectivity index (χ3v) is 7.15. The molecule has 2 aromatic carbocycles. The smallest absolute Gasteiger partial charge is 0.269 e. The first-order valence-corrected chi connectivity index (χ1v) is 9.80. The average Bonchev–Trinajstić information content (AvgIpc) is 3.29. The summed E-state index contributed by atoms with van der Waals surface area (Å²) in [5.41, 5.74) is 2.74. The number of halogens is 1. The molecule has 0 spiro atoms. The zero-order chi connectivity index (χ0) is 19.6. The standard InChI is InChI=1S/C20H18ClN3O4/c21-16-5-3-12(23(25)26)8-14(16)20-19-11-2-1-10(7-11)18(19)15-9-13(24(27)28)4-6-17(15)22-20/h3-6,8-11,18-20,22H,1-2,7H2/t10-,11-,18-,19-,20-/m0/s1. The lowest BCUT2D eigenvalue weighted by atomic mass is 9.68. The Kier molecular flexibility index (Phi) is 3.84. The molecule has 2 bridgehead atoms. The Morgan fingerprint density at radius 1 is 0.929 bits per heavy atom. The summed E-state index contributed by atoms with van der Waals surface area (Å²) in [7, 11) is 0. The number of hydrogen-bond acceptors (Lipinski definition) is 5. The number of anilines is 1. The van der Waals surface area contributed by atoms with Crippen molar-refractivity contribution in [1.82, 2.24) is 0 Å². The largest absolute Gasteiger partial charge is 0.378 e. The predicted octanol–water partition coefficient (Wildman–Crippen LogP) is 5.45. The number of hydrogen-bond donors (Lipinski definition) is 1. The Hall–Kier alpha value is -2.67. The molecule has 28 heavy (non-hydrogen) atoms. The van der Waals surface area contributed by atoms with E-state index in [1.165, 1.54) is 12.1 Å². The van der Waals surface area contributed by atoms with E-state index < -0.39 is 4.92 Å². The second kappa shape index (κ2) is 6.17. The Balaban J connectivity index is 1.65. The number of nitrogens with zero attached hydrogens (tertiary/aromatic N) is 2. The maximum Gasteiger partial charge on any atom is 0.269 e. The Morgan fingerprint density at radius 3 is 2.29 bits per heavy atom. The molecule has 2 aromatic rings. The predicted molar refractivity (Wildman–Crippen MR) is 105 cm³/mol. The lowest BCUT2D eigenvalue weighted by Crippen LogP contribution is -2.35. The maximum atomic E-state index is 11.3. The van der Waals surface area contributed by atoms with Crippen LogP contribution in [0.25, 0.3) is 0 Å². The number of nitro benzene ring substituents is 2. The van der Waals surface area contributed by atoms with Crippen LogP contribution in [-0.4, -0.2) is 9.85 Å². The minimum Gasteiger partial charge on any atom is -0.378 e. The molecule has 1 aliphatic heterocycles. The average molecular weight is 400 g/mol. The van der Waals surface area contributed by atoms with Crippen molar-refractivity contribution < 1.29 is 9.85 Å². The molecule has 0 amide bonds. The number of benzene rings is 2. The van der Waals surface area contributed by atoms with Crippen molar-refractivity contribution in [2.75, 3.05) is 5.32 Å². The molecule has 2 aliphatic carbocycles. The van der Waals surface area contributed by atoms with E-state index in [2.05, 4.69) is 5.32 Å². The minimum atomic E-state index is -0.405. The summed E-state index contributed by atoms with van der Waals surface area (Å²) < 4.78 is 0. The van der Waals surface area contributed by atoms with Crippen molar-refractivity contribution in [1.29, 1.82) is 0 Å². The number of nitrogens with one attached hydrogen (secondary N) is 1. The lowest BCUT2D eigenvalue weighted by Gasteiger charge is -2.43. The fourth-order valence-electron chi connectivity index (χ4n) is 5.78. The summed E-state index contributed by atoms with van der Waals surface area (Å²) in [6.07, 6.45) is 3.35. The number of fused-ring (bicyclic) bond motifs is 7. The van der Waals surface area contributed by atoms with Gasteiger partial charge >= 0.3 is 0 Å². The van der Waals surface area contributed by atoms with Gasteiger partial charge in [-0.25, -0.2) is 0 Å². The number of non-ortho nitro benzene ring substituents is 2. The monoisotopic (exact) mass is 399 g/mol. The third kappa shape index (κ3) is 2.49. The summed E-state index contributed by atoms with van der Waals surface area (Å²) in [5, 5.41) is 26.6. The molecule has 8 heteroatoms. The third-order valence-electron chi connectivity index (χ3n) is 6.81. The topological polar surface area (TPSA) is 98.3 Å². The minimum absolute atomic E-state index is 0.0235. The Bertz CT molecular complexity index is 1010. The summed E-state index contributed by atoms with van der Waals surface area (Å²) in [4.78, 5) is 21.8. The lowest BCUT2D eigenvalue weighted by molar-refractivity contribution is -0.385. The van der Waals surface area contributed by atoms with Gasteiger partial charge in [-0.05, 0) is 60.6 Å². The highest BCUT2D eigenvalue weighted by Crippen LogP contribution is 2.64. The van der Waals surface area contributed by atoms with Crippen LogP contribution < -0.4 is 5.32 Å². The van der Waals surface area contributed by atoms with Crippen LogP contribution in [-0.2, 0) is 0 Å². The summed E-state index contributed by atoms with van der Waals surface area (Å²) in [6, 6.07) is 9.40. The molecule has 0 radical (unpaired) electrons. The first kappa shape index (κ1) is 17.4. The number of nitro groups is 2. The van der Waals surface area contributed by atoms with Gasteiger partial charge < -0.3 is 5.32 Å². The van der Waals surface area contributed by atoms with E-state index in [9.17, 15) is 20.2 Å². The Morgan fingerprint density at radius 2 is 1.57 bits per heavy atom. The van der Waals surface area contributed by atoms with Crippen LogP contribution in [0, 0.1) is 38.0 Å². The molecular weight excluding hydrogens is 382 g/mol. The molecule has 7 nitrogen and oxygen atoms in total. The van der Waals surface area contributed by atoms with E-state index in [1.54, 1.807) is 24.3 Å². The summed E-state index contributed by atoms with van der Waals surface area (Å²) >= 11 is 6.47. The van der Waals surface area contributed by atoms with E-state index >= 15 is 0 Å². The summed E-state index contributed by atoms with van der Waals surface area (Å²) in [5.74, 6) is 1.44. The second-order valence-corrected chi connectivity index (χ2v) is 8.46. The molecule has 1 N–H and O–H groups in total. The van der Waals surface area contributed by atoms with Crippen LogP contribution in [0.1, 0.15) is 42.3 Å². The highest BCUT2D eigenvalue weighted by molar-refractivity contribution is 6.31. The van der Waals surface area contributed by atoms with E-state index in [4.69, 9.17) is 11.6 Å². The second-order valence-electron chi connectivity index (χ2n) is 8.05. The molecule has 0 aromatic heterocycles. The molecule has 3 aliphatic rings. The molecule has 1 heterocycles. The van der Waals surface area contributed by atoms with Crippen molar-refractivity contribution >= 4 is 28.7 Å². The fourth-order valence-corrected chi connectivity index (χ4v) is 6.01. The zero-order valence-corrected chi connectivity index (χ0v) is 15.6. The van der Waals surface area contributed by atoms with Crippen molar-refractivity contribution in [3.63, 3.8) is 0 Å². The molecule has 2 fully saturated rings. The van der Waals surface area contributed by atoms with Crippen LogP contribution >= 0.6 is 11.6 Å². The van der Waals surface area contributed by atoms with E-state index in [-0.39, 0.29) is 34.2 Å². The van der Waals surface area contributed by atoms with E-state index in [0.29, 0.717) is 16.9 Å². The van der Waals surface area contributed by atoms with Gasteiger partial charge in [0.05, 0.1) is 15.9 Å². The van der Waals surface area contributed by atoms with Crippen molar-refractivity contribution in [3.05, 3.63) is 72.8 Å². The van der Waals surface area contributed by atoms with Gasteiger partial charge in [-0.1, -0.05) is 11.6 Å². The van der Waals surface area contributed by atoms with Crippen LogP contribution in [0.15, 0.2) is 36.4 Å². The van der Waals surface area contributed by atoms with Crippen LogP contribution in [0.5, 0.6) is 0 Å². The first-order valence-electron chi connectivity index (χ1n) is 9.42. The molecular formula is C20H18ClN3O4. The molecule has 5 atom stereocenters. The zero-order valence-electron chi connectivity index (χ0n) is 14.9. The van der Waals surface area contributed by atoms with E-state index in [0.717, 1.165) is 36.1 Å². The van der Waals surface area contributed by atoms with Gasteiger partial charge in [0.15, 0.2) is 0 Å². The van der Waals surface area contributed by atoms with E-state index in [1.807, 2.05) is 0 Å². The van der Waals surface area contributed by atoms with Crippen molar-refractivity contribution in [2.24, 2.45) is 17.8 Å². The number of rotatable bonds is 3. The van der Waals surface area contributed by atoms with Gasteiger partial charge in [0.2, 0.25) is 0 Å². The highest BCUT2D eigenvalue weighted by Gasteiger charge is 2.54. The van der Waals surface area contributed by atoms with Crippen molar-refractivity contribution in [3.8, 4) is 0 Å². The highest BCUT2D eigenvalue weighted by atomic mass is 35.5. The molecule has 0 unspecified atom stereocenters. The van der Waals surface area contributed by atoms with Gasteiger partial charge in [0.25, 0.3) is 11.4 Å². The van der Waals surface area contributed by atoms with Gasteiger partial charge in [0, 0.05) is 40.5 Å². The van der Waals surface area contributed by atoms with Crippen LogP contribution in [0.2, 0.25) is 5.02 Å². The fraction of sp³-hybridized carbons (Fsp3) is 0.400. The van der Waals surface area contributed by atoms with Gasteiger partial charge in [-0.2, -0.15) is 0 Å². The SMILES string of the molecule is O=[N+]([O-])c1ccc2c(c1)[C@@H]1[C@H]3CC[C@@H](C3)[C@@H]1[C@H](c1cc([N+](=O)[O-])ccc1Cl)N2. The molecule has 144 valence electrons.